The van der Waals surface area contributed by atoms with Crippen molar-refractivity contribution in [3.63, 3.8) is 0 Å². The van der Waals surface area contributed by atoms with Crippen molar-refractivity contribution in [2.45, 2.75) is 25.9 Å². The molecule has 1 aromatic carbocycles. The number of aryl methyl sites for hydroxylation is 3. The molecule has 0 aliphatic heterocycles. The molecule has 4 nitrogen and oxygen atoms in total. The second-order valence-corrected chi connectivity index (χ2v) is 5.10. The number of hydrogen-bond acceptors (Lipinski definition) is 2. The van der Waals surface area contributed by atoms with E-state index >= 15 is 0 Å². The summed E-state index contributed by atoms with van der Waals surface area (Å²) in [6.45, 7) is 1.37. The Hall–Kier alpha value is -2.31. The molecular weight excluding hydrogens is 295 g/mol. The molecule has 0 spiro atoms. The first-order valence-corrected chi connectivity index (χ1v) is 6.71. The van der Waals surface area contributed by atoms with Gasteiger partial charge in [0.1, 0.15) is 0 Å². The maximum atomic E-state index is 12.7. The number of alkyl halides is 3. The monoisotopic (exact) mass is 311 g/mol. The molecule has 0 fully saturated rings. The van der Waals surface area contributed by atoms with Gasteiger partial charge in [-0.15, -0.1) is 0 Å². The molecule has 118 valence electrons. The summed E-state index contributed by atoms with van der Waals surface area (Å²) >= 11 is 0. The smallest absolute Gasteiger partial charge is 0.326 e. The lowest BCUT2D eigenvalue weighted by Gasteiger charge is -2.12. The summed E-state index contributed by atoms with van der Waals surface area (Å²) in [6.07, 6.45) is -0.122. The minimum absolute atomic E-state index is 0.0811. The number of aromatic nitrogens is 2. The SMILES string of the molecule is Cc1cc(NC(=O)CCc2cnn(C)c2)ccc1C(F)(F)F. The number of benzene rings is 1. The van der Waals surface area contributed by atoms with Crippen molar-refractivity contribution in [2.75, 3.05) is 5.32 Å². The maximum Gasteiger partial charge on any atom is 0.416 e. The van der Waals surface area contributed by atoms with Gasteiger partial charge < -0.3 is 5.32 Å². The van der Waals surface area contributed by atoms with E-state index in [2.05, 4.69) is 10.4 Å². The fourth-order valence-corrected chi connectivity index (χ4v) is 2.14. The molecule has 0 saturated heterocycles. The first kappa shape index (κ1) is 16.1. The van der Waals surface area contributed by atoms with Gasteiger partial charge in [0.15, 0.2) is 0 Å². The van der Waals surface area contributed by atoms with Gasteiger partial charge in [-0.2, -0.15) is 18.3 Å². The van der Waals surface area contributed by atoms with Crippen LogP contribution in [0.5, 0.6) is 0 Å². The zero-order valence-electron chi connectivity index (χ0n) is 12.2. The lowest BCUT2D eigenvalue weighted by atomic mass is 10.1. The van der Waals surface area contributed by atoms with Crippen molar-refractivity contribution in [3.8, 4) is 0 Å². The fraction of sp³-hybridized carbons (Fsp3) is 0.333. The van der Waals surface area contributed by atoms with E-state index in [1.165, 1.54) is 19.1 Å². The van der Waals surface area contributed by atoms with Gasteiger partial charge in [-0.25, -0.2) is 0 Å². The summed E-state index contributed by atoms with van der Waals surface area (Å²) < 4.78 is 39.6. The molecule has 0 aliphatic rings. The Labute approximate surface area is 125 Å². The van der Waals surface area contributed by atoms with Gasteiger partial charge in [-0.1, -0.05) is 0 Å². The summed E-state index contributed by atoms with van der Waals surface area (Å²) in [4.78, 5) is 11.8. The van der Waals surface area contributed by atoms with Gasteiger partial charge >= 0.3 is 6.18 Å². The third kappa shape index (κ3) is 4.09. The number of nitrogens with zero attached hydrogens (tertiary/aromatic N) is 2. The highest BCUT2D eigenvalue weighted by molar-refractivity contribution is 5.90. The van der Waals surface area contributed by atoms with Crippen molar-refractivity contribution >= 4 is 11.6 Å². The molecule has 0 atom stereocenters. The summed E-state index contributed by atoms with van der Waals surface area (Å²) in [7, 11) is 1.79. The highest BCUT2D eigenvalue weighted by atomic mass is 19.4. The van der Waals surface area contributed by atoms with E-state index < -0.39 is 11.7 Å². The Morgan fingerprint density at radius 2 is 2.09 bits per heavy atom. The predicted molar refractivity (Wildman–Crippen MR) is 76.3 cm³/mol. The van der Waals surface area contributed by atoms with Crippen LogP contribution in [-0.2, 0) is 24.4 Å². The second kappa shape index (κ2) is 6.21. The average molecular weight is 311 g/mol. The molecule has 1 N–H and O–H groups in total. The summed E-state index contributed by atoms with van der Waals surface area (Å²) in [6, 6.07) is 3.56. The molecule has 2 aromatic rings. The van der Waals surface area contributed by atoms with Crippen molar-refractivity contribution < 1.29 is 18.0 Å². The van der Waals surface area contributed by atoms with Crippen molar-refractivity contribution in [1.82, 2.24) is 9.78 Å². The van der Waals surface area contributed by atoms with Crippen LogP contribution in [0, 0.1) is 6.92 Å². The standard InChI is InChI=1S/C15H16F3N3O/c1-10-7-12(4-5-13(10)15(16,17)18)20-14(22)6-3-11-8-19-21(2)9-11/h4-5,7-9H,3,6H2,1-2H3,(H,20,22). The Balaban J connectivity index is 1.95. The van der Waals surface area contributed by atoms with E-state index in [0.29, 0.717) is 12.1 Å². The molecule has 1 aromatic heterocycles. The molecule has 1 amide bonds. The molecular formula is C15H16F3N3O. The van der Waals surface area contributed by atoms with E-state index in [0.717, 1.165) is 11.6 Å². The molecule has 0 bridgehead atoms. The quantitative estimate of drug-likeness (QED) is 0.941. The number of carbonyl (C=O) groups is 1. The minimum atomic E-state index is -4.38. The van der Waals surface area contributed by atoms with Crippen LogP contribution in [0.2, 0.25) is 0 Å². The van der Waals surface area contributed by atoms with Gasteiger partial charge in [0.05, 0.1) is 11.8 Å². The number of nitrogens with one attached hydrogen (secondary N) is 1. The highest BCUT2D eigenvalue weighted by Crippen LogP contribution is 2.32. The molecule has 0 radical (unpaired) electrons. The molecule has 1 heterocycles. The molecule has 0 aliphatic carbocycles. The maximum absolute atomic E-state index is 12.7. The number of hydrogen-bond donors (Lipinski definition) is 1. The van der Waals surface area contributed by atoms with Crippen molar-refractivity contribution in [2.24, 2.45) is 7.05 Å². The number of anilines is 1. The number of halogens is 3. The number of rotatable bonds is 4. The summed E-state index contributed by atoms with van der Waals surface area (Å²) in [5.41, 5.74) is 0.682. The normalized spacial score (nSPS) is 11.5. The van der Waals surface area contributed by atoms with Crippen LogP contribution < -0.4 is 5.32 Å². The number of amides is 1. The van der Waals surface area contributed by atoms with Crippen LogP contribution in [-0.4, -0.2) is 15.7 Å². The van der Waals surface area contributed by atoms with Gasteiger partial charge in [0, 0.05) is 25.4 Å². The zero-order valence-corrected chi connectivity index (χ0v) is 12.2. The minimum Gasteiger partial charge on any atom is -0.326 e. The Kier molecular flexibility index (Phi) is 4.54. The number of carbonyl (C=O) groups excluding carboxylic acids is 1. The van der Waals surface area contributed by atoms with E-state index in [1.807, 2.05) is 6.20 Å². The Morgan fingerprint density at radius 3 is 2.64 bits per heavy atom. The van der Waals surface area contributed by atoms with E-state index in [1.54, 1.807) is 17.9 Å². The molecule has 7 heteroatoms. The largest absolute Gasteiger partial charge is 0.416 e. The third-order valence-electron chi connectivity index (χ3n) is 3.21. The van der Waals surface area contributed by atoms with Gasteiger partial charge in [-0.05, 0) is 42.7 Å². The average Bonchev–Trinajstić information content (AvgIpc) is 2.81. The Morgan fingerprint density at radius 1 is 1.36 bits per heavy atom. The molecule has 0 saturated carbocycles. The summed E-state index contributed by atoms with van der Waals surface area (Å²) in [5.74, 6) is -0.247. The fourth-order valence-electron chi connectivity index (χ4n) is 2.14. The van der Waals surface area contributed by atoms with Crippen molar-refractivity contribution in [1.29, 1.82) is 0 Å². The molecule has 0 unspecified atom stereocenters. The lowest BCUT2D eigenvalue weighted by molar-refractivity contribution is -0.138. The van der Waals surface area contributed by atoms with Crippen LogP contribution in [0.3, 0.4) is 0 Å². The zero-order chi connectivity index (χ0) is 16.3. The van der Waals surface area contributed by atoms with Crippen LogP contribution in [0.4, 0.5) is 18.9 Å². The van der Waals surface area contributed by atoms with E-state index in [-0.39, 0.29) is 17.9 Å². The highest BCUT2D eigenvalue weighted by Gasteiger charge is 2.32. The van der Waals surface area contributed by atoms with Gasteiger partial charge in [-0.3, -0.25) is 9.48 Å². The lowest BCUT2D eigenvalue weighted by Crippen LogP contribution is -2.13. The van der Waals surface area contributed by atoms with Crippen LogP contribution in [0.15, 0.2) is 30.6 Å². The molecule has 22 heavy (non-hydrogen) atoms. The Bertz CT molecular complexity index is 677. The molecule has 2 rings (SSSR count). The summed E-state index contributed by atoms with van der Waals surface area (Å²) in [5, 5.41) is 6.61. The van der Waals surface area contributed by atoms with Crippen LogP contribution in [0.1, 0.15) is 23.1 Å². The topological polar surface area (TPSA) is 46.9 Å². The second-order valence-electron chi connectivity index (χ2n) is 5.10. The van der Waals surface area contributed by atoms with Gasteiger partial charge in [0.2, 0.25) is 5.91 Å². The van der Waals surface area contributed by atoms with Gasteiger partial charge in [0.25, 0.3) is 0 Å². The first-order valence-electron chi connectivity index (χ1n) is 6.71. The van der Waals surface area contributed by atoms with Crippen LogP contribution >= 0.6 is 0 Å². The van der Waals surface area contributed by atoms with E-state index in [4.69, 9.17) is 0 Å². The third-order valence-corrected chi connectivity index (χ3v) is 3.21. The predicted octanol–water partition coefficient (Wildman–Crippen LogP) is 3.32. The van der Waals surface area contributed by atoms with Crippen LogP contribution in [0.25, 0.3) is 0 Å². The first-order chi connectivity index (χ1) is 10.3. The van der Waals surface area contributed by atoms with Crippen molar-refractivity contribution in [3.05, 3.63) is 47.3 Å². The van der Waals surface area contributed by atoms with E-state index in [9.17, 15) is 18.0 Å².